The van der Waals surface area contributed by atoms with Gasteiger partial charge in [0.1, 0.15) is 0 Å². The van der Waals surface area contributed by atoms with Crippen LogP contribution in [0.3, 0.4) is 0 Å². The summed E-state index contributed by atoms with van der Waals surface area (Å²) in [5, 5.41) is 5.43. The molecule has 5 nitrogen and oxygen atoms in total. The maximum absolute atomic E-state index is 13.3. The zero-order valence-electron chi connectivity index (χ0n) is 11.4. The zero-order chi connectivity index (χ0) is 15.2. The average Bonchev–Trinajstić information content (AvgIpc) is 2.47. The Balaban J connectivity index is 1.80. The first-order valence-electron chi connectivity index (χ1n) is 6.33. The van der Waals surface area contributed by atoms with Gasteiger partial charge in [-0.1, -0.05) is 17.7 Å². The Kier molecular flexibility index (Phi) is 5.05. The molecule has 0 spiro atoms. The van der Waals surface area contributed by atoms with Crippen molar-refractivity contribution in [1.82, 2.24) is 15.3 Å². The highest BCUT2D eigenvalue weighted by Crippen LogP contribution is 2.11. The third kappa shape index (κ3) is 4.39. The van der Waals surface area contributed by atoms with E-state index in [4.69, 9.17) is 11.6 Å². The molecule has 0 unspecified atom stereocenters. The second kappa shape index (κ2) is 6.99. The number of hydrogen-bond donors (Lipinski definition) is 2. The van der Waals surface area contributed by atoms with E-state index >= 15 is 0 Å². The molecular weight excluding hydrogens is 295 g/mol. The summed E-state index contributed by atoms with van der Waals surface area (Å²) in [5.74, 6) is -0.762. The third-order valence-electron chi connectivity index (χ3n) is 2.73. The second-order valence-corrected chi connectivity index (χ2v) is 4.72. The highest BCUT2D eigenvalue weighted by atomic mass is 35.5. The van der Waals surface area contributed by atoms with Gasteiger partial charge in [-0.2, -0.15) is 4.98 Å². The van der Waals surface area contributed by atoms with Gasteiger partial charge in [0.15, 0.2) is 11.6 Å². The Bertz CT molecular complexity index is 633. The Hall–Kier alpha value is -2.21. The van der Waals surface area contributed by atoms with Crippen LogP contribution >= 0.6 is 11.6 Å². The molecule has 0 radical (unpaired) electrons. The number of carbonyl (C=O) groups excluding carboxylic acids is 1. The standard InChI is InChI=1S/C14H14ClFN4O/c1-9-2-4-10(5-3-9)13(21)18-7-6-17-12-11(16)8-19-14(15)20-12/h2-5,8H,6-7H2,1H3,(H,18,21)(H,17,19,20). The lowest BCUT2D eigenvalue weighted by Crippen LogP contribution is -2.29. The number of nitrogens with zero attached hydrogens (tertiary/aromatic N) is 2. The van der Waals surface area contributed by atoms with Crippen LogP contribution < -0.4 is 10.6 Å². The molecule has 0 fully saturated rings. The van der Waals surface area contributed by atoms with Crippen LogP contribution in [-0.4, -0.2) is 29.0 Å². The monoisotopic (exact) mass is 308 g/mol. The number of benzene rings is 1. The summed E-state index contributed by atoms with van der Waals surface area (Å²) in [5.41, 5.74) is 1.67. The number of carbonyl (C=O) groups is 1. The second-order valence-electron chi connectivity index (χ2n) is 4.38. The molecular formula is C14H14ClFN4O. The van der Waals surface area contributed by atoms with Crippen molar-refractivity contribution in [1.29, 1.82) is 0 Å². The van der Waals surface area contributed by atoms with Gasteiger partial charge in [-0.25, -0.2) is 9.37 Å². The number of amides is 1. The molecule has 0 saturated carbocycles. The van der Waals surface area contributed by atoms with E-state index < -0.39 is 5.82 Å². The highest BCUT2D eigenvalue weighted by Gasteiger charge is 2.06. The Morgan fingerprint density at radius 2 is 2.00 bits per heavy atom. The molecule has 2 rings (SSSR count). The molecule has 110 valence electrons. The van der Waals surface area contributed by atoms with E-state index in [1.54, 1.807) is 12.1 Å². The molecule has 2 aromatic rings. The van der Waals surface area contributed by atoms with E-state index in [0.717, 1.165) is 11.8 Å². The smallest absolute Gasteiger partial charge is 0.251 e. The van der Waals surface area contributed by atoms with Crippen LogP contribution in [0.2, 0.25) is 5.28 Å². The maximum Gasteiger partial charge on any atom is 0.251 e. The van der Waals surface area contributed by atoms with Crippen LogP contribution in [0.25, 0.3) is 0 Å². The van der Waals surface area contributed by atoms with E-state index in [0.29, 0.717) is 18.7 Å². The molecule has 1 heterocycles. The van der Waals surface area contributed by atoms with E-state index in [1.807, 2.05) is 19.1 Å². The maximum atomic E-state index is 13.3. The van der Waals surface area contributed by atoms with Crippen molar-refractivity contribution >= 4 is 23.3 Å². The van der Waals surface area contributed by atoms with Crippen LogP contribution in [0.1, 0.15) is 15.9 Å². The summed E-state index contributed by atoms with van der Waals surface area (Å²) in [4.78, 5) is 19.1. The fraction of sp³-hybridized carbons (Fsp3) is 0.214. The molecule has 0 aliphatic carbocycles. The van der Waals surface area contributed by atoms with Crippen molar-refractivity contribution in [2.24, 2.45) is 0 Å². The van der Waals surface area contributed by atoms with Crippen molar-refractivity contribution in [3.8, 4) is 0 Å². The molecule has 7 heteroatoms. The molecule has 0 atom stereocenters. The molecule has 1 amide bonds. The minimum absolute atomic E-state index is 0.0135. The van der Waals surface area contributed by atoms with Gasteiger partial charge in [-0.05, 0) is 30.7 Å². The van der Waals surface area contributed by atoms with Crippen molar-refractivity contribution in [2.45, 2.75) is 6.92 Å². The van der Waals surface area contributed by atoms with Crippen LogP contribution in [0.15, 0.2) is 30.5 Å². The summed E-state index contributed by atoms with van der Waals surface area (Å²) in [6, 6.07) is 7.24. The lowest BCUT2D eigenvalue weighted by molar-refractivity contribution is 0.0955. The minimum Gasteiger partial charge on any atom is -0.366 e. The molecule has 0 bridgehead atoms. The molecule has 21 heavy (non-hydrogen) atoms. The topological polar surface area (TPSA) is 66.9 Å². The highest BCUT2D eigenvalue weighted by molar-refractivity contribution is 6.28. The summed E-state index contributed by atoms with van der Waals surface area (Å²) >= 11 is 5.57. The SMILES string of the molecule is Cc1ccc(C(=O)NCCNc2nc(Cl)ncc2F)cc1. The largest absolute Gasteiger partial charge is 0.366 e. The predicted octanol–water partition coefficient (Wildman–Crippen LogP) is 2.42. The quantitative estimate of drug-likeness (QED) is 0.657. The number of aromatic nitrogens is 2. The van der Waals surface area contributed by atoms with E-state index in [9.17, 15) is 9.18 Å². The third-order valence-corrected chi connectivity index (χ3v) is 2.91. The van der Waals surface area contributed by atoms with Crippen LogP contribution in [0.4, 0.5) is 10.2 Å². The minimum atomic E-state index is -0.593. The first-order valence-corrected chi connectivity index (χ1v) is 6.71. The van der Waals surface area contributed by atoms with Gasteiger partial charge in [-0.15, -0.1) is 0 Å². The van der Waals surface area contributed by atoms with Gasteiger partial charge in [0.2, 0.25) is 5.28 Å². The fourth-order valence-electron chi connectivity index (χ4n) is 1.63. The number of aryl methyl sites for hydroxylation is 1. The summed E-state index contributed by atoms with van der Waals surface area (Å²) in [6.45, 7) is 2.60. The van der Waals surface area contributed by atoms with Gasteiger partial charge in [0, 0.05) is 18.7 Å². The number of nitrogens with one attached hydrogen (secondary N) is 2. The Labute approximate surface area is 126 Å². The zero-order valence-corrected chi connectivity index (χ0v) is 12.1. The molecule has 0 aliphatic heterocycles. The van der Waals surface area contributed by atoms with E-state index in [1.165, 1.54) is 0 Å². The lowest BCUT2D eigenvalue weighted by atomic mass is 10.1. The number of halogens is 2. The van der Waals surface area contributed by atoms with Crippen molar-refractivity contribution in [2.75, 3.05) is 18.4 Å². The van der Waals surface area contributed by atoms with Gasteiger partial charge in [0.05, 0.1) is 6.20 Å². The van der Waals surface area contributed by atoms with Crippen molar-refractivity contribution < 1.29 is 9.18 Å². The van der Waals surface area contributed by atoms with Gasteiger partial charge < -0.3 is 10.6 Å². The molecule has 1 aromatic heterocycles. The van der Waals surface area contributed by atoms with Crippen LogP contribution in [0, 0.1) is 12.7 Å². The number of hydrogen-bond acceptors (Lipinski definition) is 4. The first kappa shape index (κ1) is 15.2. The molecule has 2 N–H and O–H groups in total. The van der Waals surface area contributed by atoms with Crippen LogP contribution in [-0.2, 0) is 0 Å². The summed E-state index contributed by atoms with van der Waals surface area (Å²) < 4.78 is 13.3. The van der Waals surface area contributed by atoms with Gasteiger partial charge in [0.25, 0.3) is 5.91 Å². The normalized spacial score (nSPS) is 10.2. The molecule has 0 saturated heterocycles. The number of rotatable bonds is 5. The first-order chi connectivity index (χ1) is 10.1. The molecule has 0 aliphatic rings. The molecule has 1 aromatic carbocycles. The lowest BCUT2D eigenvalue weighted by Gasteiger charge is -2.08. The fourth-order valence-corrected chi connectivity index (χ4v) is 1.77. The van der Waals surface area contributed by atoms with Gasteiger partial charge in [-0.3, -0.25) is 4.79 Å². The van der Waals surface area contributed by atoms with Crippen LogP contribution in [0.5, 0.6) is 0 Å². The van der Waals surface area contributed by atoms with Crippen molar-refractivity contribution in [3.05, 3.63) is 52.7 Å². The Morgan fingerprint density at radius 1 is 1.29 bits per heavy atom. The van der Waals surface area contributed by atoms with Gasteiger partial charge >= 0.3 is 0 Å². The average molecular weight is 309 g/mol. The number of anilines is 1. The Morgan fingerprint density at radius 3 is 2.71 bits per heavy atom. The summed E-state index contributed by atoms with van der Waals surface area (Å²) in [6.07, 6.45) is 0.989. The summed E-state index contributed by atoms with van der Waals surface area (Å²) in [7, 11) is 0. The van der Waals surface area contributed by atoms with E-state index in [-0.39, 0.29) is 17.0 Å². The van der Waals surface area contributed by atoms with E-state index in [2.05, 4.69) is 20.6 Å². The predicted molar refractivity (Wildman–Crippen MR) is 79.0 cm³/mol. The van der Waals surface area contributed by atoms with Crippen molar-refractivity contribution in [3.63, 3.8) is 0 Å².